The summed E-state index contributed by atoms with van der Waals surface area (Å²) in [5.41, 5.74) is -1.28. The summed E-state index contributed by atoms with van der Waals surface area (Å²) in [6.07, 6.45) is 1.53. The van der Waals surface area contributed by atoms with Gasteiger partial charge in [0.15, 0.2) is 0 Å². The molecular formula is C11H13N3O6S. The van der Waals surface area contributed by atoms with Crippen LogP contribution in [0, 0.1) is 16.0 Å². The molecule has 1 aliphatic rings. The van der Waals surface area contributed by atoms with Crippen molar-refractivity contribution >= 4 is 21.6 Å². The summed E-state index contributed by atoms with van der Waals surface area (Å²) in [4.78, 5) is 25.3. The average Bonchev–Trinajstić information content (AvgIpc) is 3.18. The summed E-state index contributed by atoms with van der Waals surface area (Å²) in [6.45, 7) is 0. The normalized spacial score (nSPS) is 17.2. The van der Waals surface area contributed by atoms with Crippen LogP contribution in [0.2, 0.25) is 0 Å². The van der Waals surface area contributed by atoms with Gasteiger partial charge in [-0.25, -0.2) is 18.1 Å². The van der Waals surface area contributed by atoms with Crippen LogP contribution in [0.1, 0.15) is 27.4 Å². The average molecular weight is 318 g/mol. The van der Waals surface area contributed by atoms with Crippen molar-refractivity contribution in [3.63, 3.8) is 0 Å². The molecule has 2 rings (SSSR count). The fraction of sp³-hybridized carbons (Fsp3) is 0.455. The molecule has 1 heterocycles. The Bertz CT molecular complexity index is 776. The molecule has 0 aliphatic heterocycles. The molecule has 1 fully saturated rings. The largest absolute Gasteiger partial charge is 0.476 e. The number of amides is 1. The number of nitro groups is 1. The number of pyridine rings is 1. The maximum absolute atomic E-state index is 11.9. The number of nitrogens with zero attached hydrogens (tertiary/aromatic N) is 2. The Labute approximate surface area is 124 Å². The second-order valence-electron chi connectivity index (χ2n) is 4.54. The van der Waals surface area contributed by atoms with Gasteiger partial charge in [-0.15, -0.1) is 0 Å². The highest BCUT2D eigenvalue weighted by molar-refractivity contribution is 7.90. The summed E-state index contributed by atoms with van der Waals surface area (Å²) in [5.74, 6) is -2.22. The van der Waals surface area contributed by atoms with E-state index < -0.39 is 45.2 Å². The number of hydrogen-bond acceptors (Lipinski definition) is 7. The Hall–Kier alpha value is -2.23. The first-order valence-electron chi connectivity index (χ1n) is 7.36. The third-order valence-electron chi connectivity index (χ3n) is 2.77. The van der Waals surface area contributed by atoms with Crippen LogP contribution in [0.25, 0.3) is 0 Å². The van der Waals surface area contributed by atoms with Crippen molar-refractivity contribution in [3.05, 3.63) is 27.9 Å². The van der Waals surface area contributed by atoms with Crippen LogP contribution in [0.5, 0.6) is 5.88 Å². The van der Waals surface area contributed by atoms with E-state index in [1.807, 2.05) is 0 Å². The fourth-order valence-electron chi connectivity index (χ4n) is 1.60. The molecule has 1 aliphatic carbocycles. The molecule has 0 saturated heterocycles. The van der Waals surface area contributed by atoms with E-state index in [0.29, 0.717) is 0 Å². The molecule has 10 heteroatoms. The van der Waals surface area contributed by atoms with Crippen LogP contribution in [-0.4, -0.2) is 37.0 Å². The third kappa shape index (κ3) is 3.88. The quantitative estimate of drug-likeness (QED) is 0.596. The van der Waals surface area contributed by atoms with Gasteiger partial charge in [-0.3, -0.25) is 14.9 Å². The van der Waals surface area contributed by atoms with Gasteiger partial charge >= 0.3 is 5.69 Å². The Kier molecular flexibility index (Phi) is 3.07. The molecule has 0 radical (unpaired) electrons. The lowest BCUT2D eigenvalue weighted by molar-refractivity contribution is -0.386. The van der Waals surface area contributed by atoms with E-state index in [9.17, 15) is 23.3 Å². The molecular weight excluding hydrogens is 302 g/mol. The highest BCUT2D eigenvalue weighted by Gasteiger charge is 2.30. The van der Waals surface area contributed by atoms with Gasteiger partial charge in [-0.2, -0.15) is 0 Å². The van der Waals surface area contributed by atoms with Crippen LogP contribution in [0.15, 0.2) is 12.1 Å². The molecule has 1 amide bonds. The van der Waals surface area contributed by atoms with E-state index in [0.717, 1.165) is 25.0 Å². The highest BCUT2D eigenvalue weighted by atomic mass is 32.2. The van der Waals surface area contributed by atoms with Crippen molar-refractivity contribution < 1.29 is 27.0 Å². The topological polar surface area (TPSA) is 128 Å². The number of carbonyl (C=O) groups excluding carboxylic acids is 1. The van der Waals surface area contributed by atoms with Crippen LogP contribution in [-0.2, 0) is 10.0 Å². The fourth-order valence-corrected chi connectivity index (χ4v) is 3.03. The van der Waals surface area contributed by atoms with Crippen LogP contribution in [0.4, 0.5) is 5.69 Å². The summed E-state index contributed by atoms with van der Waals surface area (Å²) < 4.78 is 50.6. The lowest BCUT2D eigenvalue weighted by Crippen LogP contribution is -2.33. The Morgan fingerprint density at radius 1 is 1.62 bits per heavy atom. The number of methoxy groups -OCH3 is 1. The van der Waals surface area contributed by atoms with Gasteiger partial charge in [0.05, 0.1) is 21.8 Å². The van der Waals surface area contributed by atoms with E-state index in [4.69, 9.17) is 4.11 Å². The van der Waals surface area contributed by atoms with Gasteiger partial charge in [0.1, 0.15) is 5.69 Å². The molecule has 1 N–H and O–H groups in total. The molecule has 9 nitrogen and oxygen atoms in total. The highest BCUT2D eigenvalue weighted by Crippen LogP contribution is 2.30. The van der Waals surface area contributed by atoms with Gasteiger partial charge in [-0.05, 0) is 24.8 Å². The van der Waals surface area contributed by atoms with Crippen molar-refractivity contribution in [2.45, 2.75) is 12.8 Å². The molecule has 0 unspecified atom stereocenters. The molecule has 21 heavy (non-hydrogen) atoms. The van der Waals surface area contributed by atoms with Crippen molar-refractivity contribution in [1.29, 1.82) is 0 Å². The van der Waals surface area contributed by atoms with E-state index in [1.54, 1.807) is 4.72 Å². The van der Waals surface area contributed by atoms with Gasteiger partial charge in [0.25, 0.3) is 11.8 Å². The molecule has 114 valence electrons. The zero-order valence-corrected chi connectivity index (χ0v) is 11.4. The van der Waals surface area contributed by atoms with Crippen molar-refractivity contribution in [3.8, 4) is 5.88 Å². The first-order valence-corrected chi connectivity index (χ1v) is 7.51. The SMILES string of the molecule is [2H]C([2H])([2H])Oc1nc(C(=O)NS(=O)(=O)CC2CC2)ccc1[N+](=O)[O-]. The summed E-state index contributed by atoms with van der Waals surface area (Å²) >= 11 is 0. The minimum atomic E-state index is -3.87. The second kappa shape index (κ2) is 5.64. The molecule has 0 atom stereocenters. The van der Waals surface area contributed by atoms with Crippen molar-refractivity contribution in [1.82, 2.24) is 9.71 Å². The minimum absolute atomic E-state index is 0.00887. The monoisotopic (exact) mass is 318 g/mol. The number of carbonyl (C=O) groups is 1. The lowest BCUT2D eigenvalue weighted by atomic mass is 10.3. The Morgan fingerprint density at radius 2 is 2.33 bits per heavy atom. The number of aromatic nitrogens is 1. The predicted octanol–water partition coefficient (Wildman–Crippen LogP) is 0.468. The zero-order valence-electron chi connectivity index (χ0n) is 13.6. The third-order valence-corrected chi connectivity index (χ3v) is 4.17. The van der Waals surface area contributed by atoms with E-state index in [2.05, 4.69) is 9.72 Å². The number of hydrogen-bond donors (Lipinski definition) is 1. The smallest absolute Gasteiger partial charge is 0.330 e. The molecule has 1 aromatic rings. The first-order chi connectivity index (χ1) is 11.0. The number of rotatable bonds is 6. The number of ether oxygens (including phenoxy) is 1. The van der Waals surface area contributed by atoms with Gasteiger partial charge in [0, 0.05) is 6.07 Å². The summed E-state index contributed by atoms with van der Waals surface area (Å²) in [6, 6.07) is 1.73. The van der Waals surface area contributed by atoms with Crippen LogP contribution in [0.3, 0.4) is 0 Å². The lowest BCUT2D eigenvalue weighted by Gasteiger charge is -2.07. The maximum Gasteiger partial charge on any atom is 0.330 e. The van der Waals surface area contributed by atoms with Crippen molar-refractivity contribution in [2.24, 2.45) is 5.92 Å². The van der Waals surface area contributed by atoms with Crippen LogP contribution < -0.4 is 9.46 Å². The van der Waals surface area contributed by atoms with E-state index in [1.165, 1.54) is 0 Å². The van der Waals surface area contributed by atoms with Gasteiger partial charge in [-0.1, -0.05) is 0 Å². The van der Waals surface area contributed by atoms with Gasteiger partial charge in [0.2, 0.25) is 10.0 Å². The zero-order chi connectivity index (χ0) is 18.1. The minimum Gasteiger partial charge on any atom is -0.476 e. The molecule has 0 spiro atoms. The molecule has 1 saturated carbocycles. The standard InChI is InChI=1S/C11H13N3O6S/c1-20-11-9(14(16)17)5-4-8(12-11)10(15)13-21(18,19)6-7-2-3-7/h4-5,7H,2-3,6H2,1H3,(H,13,15)/i1D3. The number of sulfonamides is 1. The maximum atomic E-state index is 11.9. The Morgan fingerprint density at radius 3 is 2.90 bits per heavy atom. The summed E-state index contributed by atoms with van der Waals surface area (Å²) in [5, 5.41) is 10.9. The molecule has 1 aromatic heterocycles. The van der Waals surface area contributed by atoms with Gasteiger partial charge < -0.3 is 4.74 Å². The van der Waals surface area contributed by atoms with Crippen molar-refractivity contribution in [2.75, 3.05) is 12.8 Å². The molecule has 0 aromatic carbocycles. The summed E-state index contributed by atoms with van der Waals surface area (Å²) in [7, 11) is -6.89. The van der Waals surface area contributed by atoms with Crippen LogP contribution >= 0.6 is 0 Å². The molecule has 0 bridgehead atoms. The number of nitrogens with one attached hydrogen (secondary N) is 1. The predicted molar refractivity (Wildman–Crippen MR) is 71.4 cm³/mol. The first kappa shape index (κ1) is 11.4. The van der Waals surface area contributed by atoms with E-state index in [-0.39, 0.29) is 11.7 Å². The van der Waals surface area contributed by atoms with E-state index >= 15 is 0 Å². The Balaban J connectivity index is 2.24. The second-order valence-corrected chi connectivity index (χ2v) is 6.30.